The number of aryl methyl sites for hydroxylation is 1. The number of hydrogen-bond acceptors (Lipinski definition) is 4. The Hall–Kier alpha value is -2.43. The second kappa shape index (κ2) is 5.52. The summed E-state index contributed by atoms with van der Waals surface area (Å²) in [5, 5.41) is 0. The van der Waals surface area contributed by atoms with E-state index < -0.39 is 0 Å². The van der Waals surface area contributed by atoms with Gasteiger partial charge in [-0.2, -0.15) is 0 Å². The number of H-pyrrole nitrogens is 1. The fraction of sp³-hybridized carbons (Fsp3) is 0.312. The number of anilines is 1. The zero-order valence-corrected chi connectivity index (χ0v) is 13.0. The summed E-state index contributed by atoms with van der Waals surface area (Å²) in [7, 11) is 3.04. The predicted octanol–water partition coefficient (Wildman–Crippen LogP) is 2.77. The monoisotopic (exact) mass is 288 g/mol. The Bertz CT molecular complexity index is 702. The molecule has 1 aromatic heterocycles. The molecule has 0 unspecified atom stereocenters. The van der Waals surface area contributed by atoms with Crippen LogP contribution >= 0.6 is 0 Å². The van der Waals surface area contributed by atoms with Gasteiger partial charge in [0.25, 0.3) is 0 Å². The highest BCUT2D eigenvalue weighted by atomic mass is 16.5. The van der Waals surface area contributed by atoms with Gasteiger partial charge in [-0.15, -0.1) is 0 Å². The third-order valence-electron chi connectivity index (χ3n) is 3.86. The molecule has 0 spiro atoms. The van der Waals surface area contributed by atoms with E-state index in [1.807, 2.05) is 20.8 Å². The van der Waals surface area contributed by atoms with Crippen LogP contribution in [0.5, 0.6) is 11.5 Å². The number of carbonyl (C=O) groups is 1. The summed E-state index contributed by atoms with van der Waals surface area (Å²) in [6.07, 6.45) is 0. The summed E-state index contributed by atoms with van der Waals surface area (Å²) in [5.74, 6) is 0.788. The first-order chi connectivity index (χ1) is 9.90. The lowest BCUT2D eigenvalue weighted by Crippen LogP contribution is -2.09. The molecule has 0 aliphatic heterocycles. The van der Waals surface area contributed by atoms with Gasteiger partial charge in [0.1, 0.15) is 11.5 Å². The van der Waals surface area contributed by atoms with Crippen LogP contribution in [-0.4, -0.2) is 25.0 Å². The molecule has 0 saturated carbocycles. The number of methoxy groups -OCH3 is 2. The Balaban J connectivity index is 2.60. The molecule has 0 bridgehead atoms. The maximum atomic E-state index is 12.8. The van der Waals surface area contributed by atoms with E-state index in [2.05, 4.69) is 4.98 Å². The third-order valence-corrected chi connectivity index (χ3v) is 3.86. The average molecular weight is 288 g/mol. The van der Waals surface area contributed by atoms with Crippen molar-refractivity contribution in [1.82, 2.24) is 4.98 Å². The topological polar surface area (TPSA) is 77.3 Å². The molecule has 2 aromatic rings. The largest absolute Gasteiger partial charge is 0.497 e. The highest BCUT2D eigenvalue weighted by Gasteiger charge is 2.21. The number of nitrogens with two attached hydrogens (primary N) is 1. The summed E-state index contributed by atoms with van der Waals surface area (Å²) < 4.78 is 10.4. The van der Waals surface area contributed by atoms with Crippen LogP contribution in [-0.2, 0) is 0 Å². The molecule has 0 amide bonds. The van der Waals surface area contributed by atoms with Gasteiger partial charge in [-0.3, -0.25) is 4.79 Å². The van der Waals surface area contributed by atoms with Crippen molar-refractivity contribution in [3.05, 3.63) is 40.2 Å². The number of aromatic nitrogens is 1. The van der Waals surface area contributed by atoms with Crippen molar-refractivity contribution in [2.45, 2.75) is 20.8 Å². The Labute approximate surface area is 124 Å². The van der Waals surface area contributed by atoms with E-state index in [9.17, 15) is 4.79 Å². The lowest BCUT2D eigenvalue weighted by Gasteiger charge is -2.12. The SMILES string of the molecule is COc1cc(OC)c(N)c(C(=O)c2[nH]c(C)c(C)c2C)c1. The van der Waals surface area contributed by atoms with Crippen LogP contribution in [0.15, 0.2) is 12.1 Å². The third kappa shape index (κ3) is 2.46. The van der Waals surface area contributed by atoms with Gasteiger partial charge in [0.05, 0.1) is 31.2 Å². The first-order valence-corrected chi connectivity index (χ1v) is 6.62. The van der Waals surface area contributed by atoms with Crippen LogP contribution in [0, 0.1) is 20.8 Å². The van der Waals surface area contributed by atoms with E-state index in [0.717, 1.165) is 16.8 Å². The molecule has 0 aliphatic rings. The van der Waals surface area contributed by atoms with Crippen LogP contribution in [0.25, 0.3) is 0 Å². The molecular weight excluding hydrogens is 268 g/mol. The number of rotatable bonds is 4. The summed E-state index contributed by atoms with van der Waals surface area (Å²) in [5.41, 5.74) is 10.2. The zero-order chi connectivity index (χ0) is 15.7. The minimum Gasteiger partial charge on any atom is -0.497 e. The molecule has 3 N–H and O–H groups in total. The lowest BCUT2D eigenvalue weighted by atomic mass is 10.0. The standard InChI is InChI=1S/C16H20N2O3/c1-8-9(2)15(18-10(8)3)16(19)12-6-11(20-4)7-13(21-5)14(12)17/h6-7,18H,17H2,1-5H3. The zero-order valence-electron chi connectivity index (χ0n) is 13.0. The molecule has 112 valence electrons. The molecule has 0 fully saturated rings. The molecule has 0 radical (unpaired) electrons. The molecule has 21 heavy (non-hydrogen) atoms. The predicted molar refractivity (Wildman–Crippen MR) is 82.4 cm³/mol. The molecule has 1 heterocycles. The Morgan fingerprint density at radius 2 is 1.76 bits per heavy atom. The summed E-state index contributed by atoms with van der Waals surface area (Å²) in [4.78, 5) is 15.9. The molecule has 2 rings (SSSR count). The maximum Gasteiger partial charge on any atom is 0.211 e. The number of aromatic amines is 1. The number of benzene rings is 1. The van der Waals surface area contributed by atoms with Crippen molar-refractivity contribution < 1.29 is 14.3 Å². The van der Waals surface area contributed by atoms with Crippen molar-refractivity contribution in [2.75, 3.05) is 20.0 Å². The van der Waals surface area contributed by atoms with Gasteiger partial charge in [-0.1, -0.05) is 0 Å². The normalized spacial score (nSPS) is 10.5. The van der Waals surface area contributed by atoms with Gasteiger partial charge in [-0.05, 0) is 38.0 Å². The molecular formula is C16H20N2O3. The van der Waals surface area contributed by atoms with Gasteiger partial charge in [0.15, 0.2) is 0 Å². The number of nitrogens with one attached hydrogen (secondary N) is 1. The second-order valence-electron chi connectivity index (χ2n) is 5.00. The van der Waals surface area contributed by atoms with E-state index in [1.165, 1.54) is 14.2 Å². The molecule has 5 heteroatoms. The fourth-order valence-electron chi connectivity index (χ4n) is 2.28. The van der Waals surface area contributed by atoms with Gasteiger partial charge < -0.3 is 20.2 Å². The molecule has 0 aliphatic carbocycles. The van der Waals surface area contributed by atoms with E-state index in [1.54, 1.807) is 12.1 Å². The van der Waals surface area contributed by atoms with Crippen LogP contribution in [0.4, 0.5) is 5.69 Å². The van der Waals surface area contributed by atoms with Gasteiger partial charge >= 0.3 is 0 Å². The maximum absolute atomic E-state index is 12.8. The van der Waals surface area contributed by atoms with E-state index in [-0.39, 0.29) is 5.78 Å². The highest BCUT2D eigenvalue weighted by molar-refractivity contribution is 6.13. The van der Waals surface area contributed by atoms with E-state index >= 15 is 0 Å². The summed E-state index contributed by atoms with van der Waals surface area (Å²) >= 11 is 0. The van der Waals surface area contributed by atoms with Crippen LogP contribution in [0.2, 0.25) is 0 Å². The highest BCUT2D eigenvalue weighted by Crippen LogP contribution is 2.33. The Morgan fingerprint density at radius 3 is 2.24 bits per heavy atom. The average Bonchev–Trinajstić information content (AvgIpc) is 2.74. The Kier molecular flexibility index (Phi) is 3.93. The van der Waals surface area contributed by atoms with Crippen molar-refractivity contribution >= 4 is 11.5 Å². The van der Waals surface area contributed by atoms with Crippen LogP contribution in [0.1, 0.15) is 32.9 Å². The fourth-order valence-corrected chi connectivity index (χ4v) is 2.28. The first kappa shape index (κ1) is 15.0. The molecule has 5 nitrogen and oxygen atoms in total. The lowest BCUT2D eigenvalue weighted by molar-refractivity contribution is 0.103. The Morgan fingerprint density at radius 1 is 1.10 bits per heavy atom. The van der Waals surface area contributed by atoms with Gasteiger partial charge in [0, 0.05) is 11.8 Å². The molecule has 0 atom stereocenters. The van der Waals surface area contributed by atoms with Crippen LogP contribution in [0.3, 0.4) is 0 Å². The van der Waals surface area contributed by atoms with Crippen LogP contribution < -0.4 is 15.2 Å². The quantitative estimate of drug-likeness (QED) is 0.670. The number of ketones is 1. The van der Waals surface area contributed by atoms with E-state index in [0.29, 0.717) is 28.4 Å². The number of ether oxygens (including phenoxy) is 2. The summed E-state index contributed by atoms with van der Waals surface area (Å²) in [6.45, 7) is 5.84. The number of carbonyl (C=O) groups excluding carboxylic acids is 1. The van der Waals surface area contributed by atoms with Crippen molar-refractivity contribution in [3.8, 4) is 11.5 Å². The minimum absolute atomic E-state index is 0.168. The number of hydrogen-bond donors (Lipinski definition) is 2. The minimum atomic E-state index is -0.168. The van der Waals surface area contributed by atoms with Gasteiger partial charge in [0.2, 0.25) is 5.78 Å². The second-order valence-corrected chi connectivity index (χ2v) is 5.00. The van der Waals surface area contributed by atoms with Crippen molar-refractivity contribution in [3.63, 3.8) is 0 Å². The van der Waals surface area contributed by atoms with Crippen molar-refractivity contribution in [1.29, 1.82) is 0 Å². The van der Waals surface area contributed by atoms with Gasteiger partial charge in [-0.25, -0.2) is 0 Å². The molecule has 0 saturated heterocycles. The van der Waals surface area contributed by atoms with E-state index in [4.69, 9.17) is 15.2 Å². The summed E-state index contributed by atoms with van der Waals surface area (Å²) in [6, 6.07) is 3.29. The number of nitrogen functional groups attached to an aromatic ring is 1. The smallest absolute Gasteiger partial charge is 0.211 e. The molecule has 1 aromatic carbocycles. The van der Waals surface area contributed by atoms with Crippen molar-refractivity contribution in [2.24, 2.45) is 0 Å². The first-order valence-electron chi connectivity index (χ1n) is 6.62.